The third-order valence-corrected chi connectivity index (χ3v) is 5.53. The van der Waals surface area contributed by atoms with Gasteiger partial charge in [0.1, 0.15) is 0 Å². The monoisotopic (exact) mass is 371 g/mol. The van der Waals surface area contributed by atoms with E-state index >= 15 is 0 Å². The predicted molar refractivity (Wildman–Crippen MR) is 98.9 cm³/mol. The van der Waals surface area contributed by atoms with E-state index < -0.39 is 11.6 Å². The minimum atomic E-state index is -0.893. The van der Waals surface area contributed by atoms with E-state index in [2.05, 4.69) is 34.5 Å². The lowest BCUT2D eigenvalue weighted by molar-refractivity contribution is 0.198. The largest absolute Gasteiger partial charge is 0.334 e. The van der Waals surface area contributed by atoms with Gasteiger partial charge in [0.25, 0.3) is 0 Å². The van der Waals surface area contributed by atoms with Crippen LogP contribution < -0.4 is 5.32 Å². The van der Waals surface area contributed by atoms with Crippen LogP contribution in [0, 0.1) is 23.5 Å². The van der Waals surface area contributed by atoms with Gasteiger partial charge in [0.15, 0.2) is 11.6 Å². The third kappa shape index (κ3) is 4.11. The number of amides is 2. The zero-order valence-corrected chi connectivity index (χ0v) is 15.1. The maximum atomic E-state index is 13.3. The van der Waals surface area contributed by atoms with E-state index in [1.54, 1.807) is 0 Å². The number of carbonyl (C=O) groups is 1. The van der Waals surface area contributed by atoms with Crippen molar-refractivity contribution in [2.45, 2.75) is 13.1 Å². The zero-order valence-electron chi connectivity index (χ0n) is 15.1. The van der Waals surface area contributed by atoms with Crippen molar-refractivity contribution in [1.29, 1.82) is 0 Å². The summed E-state index contributed by atoms with van der Waals surface area (Å²) in [6.07, 6.45) is 0. The standard InChI is InChI=1S/C21H23F2N3O/c22-19-7-6-16(8-20(19)23)9-24-21(27)26-13-17-11-25(12-18(17)14-26)10-15-4-2-1-3-5-15/h1-8,17-18H,9-14H2,(H,24,27)/t17-,18?/m0/s1. The molecule has 2 amide bonds. The molecule has 2 fully saturated rings. The van der Waals surface area contributed by atoms with Crippen LogP contribution >= 0.6 is 0 Å². The van der Waals surface area contributed by atoms with E-state index in [0.717, 1.165) is 44.9 Å². The second-order valence-corrected chi connectivity index (χ2v) is 7.51. The molecule has 2 aliphatic rings. The molecule has 2 saturated heterocycles. The second-order valence-electron chi connectivity index (χ2n) is 7.51. The normalized spacial score (nSPS) is 22.1. The molecule has 0 aliphatic carbocycles. The first-order chi connectivity index (χ1) is 13.1. The SMILES string of the molecule is O=C(NCc1ccc(F)c(F)c1)N1CC2CN(Cc3ccccc3)C[C@H]2C1. The van der Waals surface area contributed by atoms with Crippen molar-refractivity contribution < 1.29 is 13.6 Å². The van der Waals surface area contributed by atoms with Gasteiger partial charge in [-0.1, -0.05) is 36.4 Å². The minimum absolute atomic E-state index is 0.135. The highest BCUT2D eigenvalue weighted by atomic mass is 19.2. The Bertz CT molecular complexity index is 800. The van der Waals surface area contributed by atoms with Gasteiger partial charge in [-0.2, -0.15) is 0 Å². The number of hydrogen-bond acceptors (Lipinski definition) is 2. The molecule has 142 valence electrons. The molecule has 0 radical (unpaired) electrons. The highest BCUT2D eigenvalue weighted by Crippen LogP contribution is 2.31. The number of hydrogen-bond donors (Lipinski definition) is 1. The van der Waals surface area contributed by atoms with Crippen LogP contribution in [0.4, 0.5) is 13.6 Å². The van der Waals surface area contributed by atoms with Crippen molar-refractivity contribution in [1.82, 2.24) is 15.1 Å². The van der Waals surface area contributed by atoms with Gasteiger partial charge in [-0.25, -0.2) is 13.6 Å². The summed E-state index contributed by atoms with van der Waals surface area (Å²) in [6, 6.07) is 14.0. The summed E-state index contributed by atoms with van der Waals surface area (Å²) in [5, 5.41) is 2.81. The molecule has 2 heterocycles. The molecule has 2 aliphatic heterocycles. The molecular formula is C21H23F2N3O. The number of nitrogens with one attached hydrogen (secondary N) is 1. The number of benzene rings is 2. The molecular weight excluding hydrogens is 348 g/mol. The molecule has 2 aromatic rings. The molecule has 0 spiro atoms. The lowest BCUT2D eigenvalue weighted by Crippen LogP contribution is -2.40. The van der Waals surface area contributed by atoms with Crippen molar-refractivity contribution >= 4 is 6.03 Å². The van der Waals surface area contributed by atoms with Crippen LogP contribution in [0.2, 0.25) is 0 Å². The quantitative estimate of drug-likeness (QED) is 0.896. The van der Waals surface area contributed by atoms with Gasteiger partial charge in [-0.15, -0.1) is 0 Å². The number of fused-ring (bicyclic) bond motifs is 1. The van der Waals surface area contributed by atoms with E-state index in [-0.39, 0.29) is 12.6 Å². The Morgan fingerprint density at radius 2 is 1.63 bits per heavy atom. The van der Waals surface area contributed by atoms with E-state index in [4.69, 9.17) is 0 Å². The Balaban J connectivity index is 1.26. The number of nitrogens with zero attached hydrogens (tertiary/aromatic N) is 2. The summed E-state index contributed by atoms with van der Waals surface area (Å²) < 4.78 is 26.2. The molecule has 1 N–H and O–H groups in total. The van der Waals surface area contributed by atoms with E-state index in [1.807, 2.05) is 11.0 Å². The fourth-order valence-corrected chi connectivity index (χ4v) is 4.17. The molecule has 1 unspecified atom stereocenters. The van der Waals surface area contributed by atoms with Crippen LogP contribution in [-0.4, -0.2) is 42.0 Å². The van der Waals surface area contributed by atoms with Crippen molar-refractivity contribution in [3.05, 3.63) is 71.3 Å². The molecule has 27 heavy (non-hydrogen) atoms. The fraction of sp³-hybridized carbons (Fsp3) is 0.381. The summed E-state index contributed by atoms with van der Waals surface area (Å²) in [5.41, 5.74) is 1.87. The van der Waals surface area contributed by atoms with Crippen molar-refractivity contribution in [2.24, 2.45) is 11.8 Å². The van der Waals surface area contributed by atoms with E-state index in [9.17, 15) is 13.6 Å². The Hall–Kier alpha value is -2.47. The zero-order chi connectivity index (χ0) is 18.8. The average Bonchev–Trinajstić information content (AvgIpc) is 3.22. The number of halogens is 2. The van der Waals surface area contributed by atoms with Gasteiger partial charge in [0.2, 0.25) is 0 Å². The smallest absolute Gasteiger partial charge is 0.317 e. The molecule has 4 nitrogen and oxygen atoms in total. The Labute approximate surface area is 157 Å². The van der Waals surface area contributed by atoms with Crippen LogP contribution in [0.5, 0.6) is 0 Å². The summed E-state index contributed by atoms with van der Waals surface area (Å²) in [7, 11) is 0. The third-order valence-electron chi connectivity index (χ3n) is 5.53. The van der Waals surface area contributed by atoms with Crippen molar-refractivity contribution in [2.75, 3.05) is 26.2 Å². The van der Waals surface area contributed by atoms with Crippen LogP contribution in [0.15, 0.2) is 48.5 Å². The second kappa shape index (κ2) is 7.64. The van der Waals surface area contributed by atoms with Crippen LogP contribution in [-0.2, 0) is 13.1 Å². The fourth-order valence-electron chi connectivity index (χ4n) is 4.17. The molecule has 0 saturated carbocycles. The summed E-state index contributed by atoms with van der Waals surface area (Å²) in [5.74, 6) is -0.765. The average molecular weight is 371 g/mol. The molecule has 2 aromatic carbocycles. The Morgan fingerprint density at radius 1 is 0.926 bits per heavy atom. The number of carbonyl (C=O) groups excluding carboxylic acids is 1. The first-order valence-corrected chi connectivity index (χ1v) is 9.31. The predicted octanol–water partition coefficient (Wildman–Crippen LogP) is 3.24. The van der Waals surface area contributed by atoms with Crippen molar-refractivity contribution in [3.8, 4) is 0 Å². The van der Waals surface area contributed by atoms with Gasteiger partial charge in [-0.05, 0) is 35.1 Å². The summed E-state index contributed by atoms with van der Waals surface area (Å²) in [6.45, 7) is 4.66. The molecule has 0 aromatic heterocycles. The van der Waals surface area contributed by atoms with Gasteiger partial charge in [0.05, 0.1) is 0 Å². The molecule has 2 atom stereocenters. The van der Waals surface area contributed by atoms with E-state index in [0.29, 0.717) is 17.4 Å². The van der Waals surface area contributed by atoms with Gasteiger partial charge >= 0.3 is 6.03 Å². The number of urea groups is 1. The van der Waals surface area contributed by atoms with Crippen LogP contribution in [0.1, 0.15) is 11.1 Å². The maximum Gasteiger partial charge on any atom is 0.317 e. The summed E-state index contributed by atoms with van der Waals surface area (Å²) >= 11 is 0. The lowest BCUT2D eigenvalue weighted by Gasteiger charge is -2.22. The lowest BCUT2D eigenvalue weighted by atomic mass is 10.0. The highest BCUT2D eigenvalue weighted by Gasteiger charge is 2.41. The van der Waals surface area contributed by atoms with Gasteiger partial charge in [0, 0.05) is 39.3 Å². The highest BCUT2D eigenvalue weighted by molar-refractivity contribution is 5.74. The first-order valence-electron chi connectivity index (χ1n) is 9.31. The molecule has 6 heteroatoms. The molecule has 4 rings (SSSR count). The van der Waals surface area contributed by atoms with Crippen molar-refractivity contribution in [3.63, 3.8) is 0 Å². The first kappa shape index (κ1) is 17.9. The van der Waals surface area contributed by atoms with Crippen LogP contribution in [0.3, 0.4) is 0 Å². The Morgan fingerprint density at radius 3 is 2.30 bits per heavy atom. The number of likely N-dealkylation sites (tertiary alicyclic amines) is 2. The maximum absolute atomic E-state index is 13.3. The minimum Gasteiger partial charge on any atom is -0.334 e. The van der Waals surface area contributed by atoms with E-state index in [1.165, 1.54) is 11.6 Å². The van der Waals surface area contributed by atoms with Gasteiger partial charge in [-0.3, -0.25) is 4.90 Å². The van der Waals surface area contributed by atoms with Crippen LogP contribution in [0.25, 0.3) is 0 Å². The Kier molecular flexibility index (Phi) is 5.07. The topological polar surface area (TPSA) is 35.6 Å². The van der Waals surface area contributed by atoms with Gasteiger partial charge < -0.3 is 10.2 Å². The summed E-state index contributed by atoms with van der Waals surface area (Å²) in [4.78, 5) is 16.7. The molecule has 0 bridgehead atoms. The number of rotatable bonds is 4.